The van der Waals surface area contributed by atoms with Crippen LogP contribution in [0.4, 0.5) is 32.8 Å². The first-order valence-corrected chi connectivity index (χ1v) is 14.2. The predicted octanol–water partition coefficient (Wildman–Crippen LogP) is 6.53. The van der Waals surface area contributed by atoms with Crippen molar-refractivity contribution in [2.45, 2.75) is 18.9 Å². The highest BCUT2D eigenvalue weighted by Gasteiger charge is 2.18. The van der Waals surface area contributed by atoms with Gasteiger partial charge in [-0.3, -0.25) is 9.59 Å². The lowest BCUT2D eigenvalue weighted by Gasteiger charge is -2.31. The van der Waals surface area contributed by atoms with E-state index >= 15 is 0 Å². The molecule has 6 rings (SSSR count). The van der Waals surface area contributed by atoms with Crippen molar-refractivity contribution in [2.24, 2.45) is 7.05 Å². The molecule has 218 valence electrons. The molecule has 0 aliphatic carbocycles. The Balaban J connectivity index is 1.04. The molecule has 0 saturated carbocycles. The van der Waals surface area contributed by atoms with Gasteiger partial charge >= 0.3 is 0 Å². The number of carbonyl (C=O) groups excluding carboxylic acids is 2. The number of halogens is 1. The van der Waals surface area contributed by atoms with Crippen LogP contribution in [0, 0.1) is 5.82 Å². The van der Waals surface area contributed by atoms with Crippen molar-refractivity contribution >= 4 is 51.2 Å². The molecule has 1 saturated heterocycles. The SMILES string of the molecule is Cn1ccc2ccc(C(=O)Nc3ccc(Nc4ccc(NC(=O)c5ccc(N6CCC(O)CC6)cc5)cc4)c(F)c3)cc21. The number of hydrogen-bond donors (Lipinski definition) is 4. The molecule has 8 nitrogen and oxygen atoms in total. The Morgan fingerprint density at radius 2 is 1.40 bits per heavy atom. The smallest absolute Gasteiger partial charge is 0.255 e. The van der Waals surface area contributed by atoms with Crippen molar-refractivity contribution in [1.29, 1.82) is 0 Å². The number of aromatic nitrogens is 1. The summed E-state index contributed by atoms with van der Waals surface area (Å²) in [5.41, 5.74) is 4.85. The van der Waals surface area contributed by atoms with Crippen LogP contribution >= 0.6 is 0 Å². The fourth-order valence-corrected chi connectivity index (χ4v) is 5.24. The first kappa shape index (κ1) is 28.0. The Morgan fingerprint density at radius 1 is 0.767 bits per heavy atom. The Bertz CT molecular complexity index is 1770. The zero-order valence-electron chi connectivity index (χ0n) is 23.7. The number of amides is 2. The van der Waals surface area contributed by atoms with Crippen molar-refractivity contribution in [3.05, 3.63) is 114 Å². The summed E-state index contributed by atoms with van der Waals surface area (Å²) >= 11 is 0. The summed E-state index contributed by atoms with van der Waals surface area (Å²) in [7, 11) is 1.92. The van der Waals surface area contributed by atoms with E-state index in [2.05, 4.69) is 20.9 Å². The summed E-state index contributed by atoms with van der Waals surface area (Å²) in [6.45, 7) is 1.59. The van der Waals surface area contributed by atoms with Crippen LogP contribution in [0.1, 0.15) is 33.6 Å². The molecule has 0 spiro atoms. The number of aryl methyl sites for hydroxylation is 1. The number of carbonyl (C=O) groups is 2. The largest absolute Gasteiger partial charge is 0.393 e. The van der Waals surface area contributed by atoms with Gasteiger partial charge < -0.3 is 30.5 Å². The monoisotopic (exact) mass is 577 g/mol. The Hall–Kier alpha value is -5.15. The molecule has 0 unspecified atom stereocenters. The second-order valence-corrected chi connectivity index (χ2v) is 10.8. The van der Waals surface area contributed by atoms with Gasteiger partial charge in [0.15, 0.2) is 0 Å². The lowest BCUT2D eigenvalue weighted by molar-refractivity contribution is 0.101. The molecule has 0 atom stereocenters. The third-order valence-corrected chi connectivity index (χ3v) is 7.76. The highest BCUT2D eigenvalue weighted by Crippen LogP contribution is 2.26. The van der Waals surface area contributed by atoms with Crippen LogP contribution in [-0.4, -0.2) is 40.7 Å². The molecule has 9 heteroatoms. The van der Waals surface area contributed by atoms with Gasteiger partial charge in [0.1, 0.15) is 5.82 Å². The molecule has 1 aromatic heterocycles. The molecular formula is C34H32FN5O3. The molecule has 4 N–H and O–H groups in total. The Morgan fingerprint density at radius 3 is 2.12 bits per heavy atom. The fourth-order valence-electron chi connectivity index (χ4n) is 5.24. The van der Waals surface area contributed by atoms with E-state index in [1.54, 1.807) is 54.6 Å². The first-order valence-electron chi connectivity index (χ1n) is 14.2. The number of hydrogen-bond acceptors (Lipinski definition) is 5. The predicted molar refractivity (Wildman–Crippen MR) is 169 cm³/mol. The van der Waals surface area contributed by atoms with Crippen molar-refractivity contribution in [1.82, 2.24) is 4.57 Å². The molecule has 5 aromatic rings. The summed E-state index contributed by atoms with van der Waals surface area (Å²) in [6, 6.07) is 26.3. The van der Waals surface area contributed by atoms with E-state index in [1.807, 2.05) is 48.1 Å². The number of rotatable bonds is 7. The Kier molecular flexibility index (Phi) is 7.81. The molecule has 2 heterocycles. The summed E-state index contributed by atoms with van der Waals surface area (Å²) in [6.07, 6.45) is 3.19. The molecular weight excluding hydrogens is 545 g/mol. The zero-order valence-corrected chi connectivity index (χ0v) is 23.7. The highest BCUT2D eigenvalue weighted by molar-refractivity contribution is 6.06. The van der Waals surface area contributed by atoms with Gasteiger partial charge in [-0.25, -0.2) is 4.39 Å². The van der Waals surface area contributed by atoms with Crippen LogP contribution in [0.2, 0.25) is 0 Å². The normalized spacial score (nSPS) is 13.6. The molecule has 4 aromatic carbocycles. The van der Waals surface area contributed by atoms with Crippen LogP contribution in [0.25, 0.3) is 10.9 Å². The summed E-state index contributed by atoms with van der Waals surface area (Å²) in [5, 5.41) is 19.4. The van der Waals surface area contributed by atoms with E-state index in [0.29, 0.717) is 28.2 Å². The lowest BCUT2D eigenvalue weighted by Crippen LogP contribution is -2.35. The third-order valence-electron chi connectivity index (χ3n) is 7.76. The number of benzene rings is 4. The topological polar surface area (TPSA) is 98.6 Å². The number of anilines is 5. The summed E-state index contributed by atoms with van der Waals surface area (Å²) in [5.74, 6) is -1.06. The quantitative estimate of drug-likeness (QED) is 0.176. The zero-order chi connectivity index (χ0) is 29.9. The Labute approximate surface area is 248 Å². The fraction of sp³-hybridized carbons (Fsp3) is 0.176. The second-order valence-electron chi connectivity index (χ2n) is 10.8. The van der Waals surface area contributed by atoms with Gasteiger partial charge in [0.2, 0.25) is 0 Å². The summed E-state index contributed by atoms with van der Waals surface area (Å²) in [4.78, 5) is 27.7. The first-order chi connectivity index (χ1) is 20.8. The van der Waals surface area contributed by atoms with Gasteiger partial charge in [-0.1, -0.05) is 6.07 Å². The molecule has 1 aliphatic rings. The van der Waals surface area contributed by atoms with Crippen molar-refractivity contribution in [2.75, 3.05) is 33.9 Å². The van der Waals surface area contributed by atoms with E-state index in [4.69, 9.17) is 0 Å². The van der Waals surface area contributed by atoms with Crippen LogP contribution < -0.4 is 20.9 Å². The maximum atomic E-state index is 14.9. The van der Waals surface area contributed by atoms with E-state index in [1.165, 1.54) is 6.07 Å². The van der Waals surface area contributed by atoms with Crippen LogP contribution in [0.15, 0.2) is 97.2 Å². The third kappa shape index (κ3) is 6.37. The van der Waals surface area contributed by atoms with E-state index < -0.39 is 5.82 Å². The van der Waals surface area contributed by atoms with Gasteiger partial charge in [-0.2, -0.15) is 0 Å². The molecule has 2 amide bonds. The van der Waals surface area contributed by atoms with Crippen LogP contribution in [-0.2, 0) is 7.05 Å². The van der Waals surface area contributed by atoms with E-state index in [0.717, 1.165) is 42.5 Å². The molecule has 0 bridgehead atoms. The minimum Gasteiger partial charge on any atom is -0.393 e. The van der Waals surface area contributed by atoms with Crippen molar-refractivity contribution in [3.8, 4) is 0 Å². The van der Waals surface area contributed by atoms with Gasteiger partial charge in [0.25, 0.3) is 11.8 Å². The molecule has 1 fully saturated rings. The number of nitrogens with one attached hydrogen (secondary N) is 3. The minimum atomic E-state index is -0.516. The van der Waals surface area contributed by atoms with E-state index in [9.17, 15) is 19.1 Å². The van der Waals surface area contributed by atoms with Crippen LogP contribution in [0.5, 0.6) is 0 Å². The van der Waals surface area contributed by atoms with Gasteiger partial charge in [0.05, 0.1) is 11.8 Å². The number of aliphatic hydroxyl groups excluding tert-OH is 1. The standard InChI is InChI=1S/C34H32FN5O3/c1-39-17-14-22-2-3-24(20-32(22)39)34(43)38-27-10-13-31(30(35)21-27)36-25-6-8-26(9-7-25)37-33(42)23-4-11-28(12-5-23)40-18-15-29(41)16-19-40/h2-14,17,20-21,29,36,41H,15-16,18-19H2,1H3,(H,37,42)(H,38,43). The lowest BCUT2D eigenvalue weighted by atomic mass is 10.1. The van der Waals surface area contributed by atoms with E-state index in [-0.39, 0.29) is 23.6 Å². The number of piperidine rings is 1. The number of aliphatic hydroxyl groups is 1. The summed E-state index contributed by atoms with van der Waals surface area (Å²) < 4.78 is 16.9. The van der Waals surface area contributed by atoms with Gasteiger partial charge in [-0.05, 0) is 103 Å². The molecule has 43 heavy (non-hydrogen) atoms. The van der Waals surface area contributed by atoms with Crippen LogP contribution in [0.3, 0.4) is 0 Å². The molecule has 1 aliphatic heterocycles. The van der Waals surface area contributed by atoms with Crippen molar-refractivity contribution < 1.29 is 19.1 Å². The number of nitrogens with zero attached hydrogens (tertiary/aromatic N) is 2. The van der Waals surface area contributed by atoms with Gasteiger partial charge in [-0.15, -0.1) is 0 Å². The highest BCUT2D eigenvalue weighted by atomic mass is 19.1. The average Bonchev–Trinajstić information content (AvgIpc) is 3.39. The molecule has 0 radical (unpaired) electrons. The minimum absolute atomic E-state index is 0.228. The maximum absolute atomic E-state index is 14.9. The average molecular weight is 578 g/mol. The van der Waals surface area contributed by atoms with Gasteiger partial charge in [0, 0.05) is 65.7 Å². The number of fused-ring (bicyclic) bond motifs is 1. The maximum Gasteiger partial charge on any atom is 0.255 e. The second kappa shape index (κ2) is 12.0. The van der Waals surface area contributed by atoms with Crippen molar-refractivity contribution in [3.63, 3.8) is 0 Å².